The molecule has 0 fully saturated rings. The van der Waals surface area contributed by atoms with E-state index in [2.05, 4.69) is 39.5 Å². The second-order valence-corrected chi connectivity index (χ2v) is 3.08. The second-order valence-electron chi connectivity index (χ2n) is 3.08. The minimum absolute atomic E-state index is 0.573. The van der Waals surface area contributed by atoms with E-state index in [1.807, 2.05) is 6.08 Å². The molecule has 0 aromatic heterocycles. The molecule has 11 heavy (non-hydrogen) atoms. The molecule has 0 N–H and O–H groups in total. The molecule has 0 saturated carbocycles. The van der Waals surface area contributed by atoms with Crippen LogP contribution in [0.15, 0.2) is 24.8 Å². The molecule has 0 radical (unpaired) electrons. The monoisotopic (exact) mass is 152 g/mol. The van der Waals surface area contributed by atoms with Gasteiger partial charge >= 0.3 is 0 Å². The molecule has 0 aliphatic carbocycles. The highest BCUT2D eigenvalue weighted by atomic mass is 14.0. The van der Waals surface area contributed by atoms with Crippen molar-refractivity contribution in [2.75, 3.05) is 0 Å². The van der Waals surface area contributed by atoms with Gasteiger partial charge in [0.15, 0.2) is 0 Å². The van der Waals surface area contributed by atoms with Crippen LogP contribution in [-0.2, 0) is 0 Å². The van der Waals surface area contributed by atoms with Gasteiger partial charge in [0, 0.05) is 0 Å². The molecule has 0 spiro atoms. The van der Waals surface area contributed by atoms with Crippen molar-refractivity contribution in [3.63, 3.8) is 0 Å². The van der Waals surface area contributed by atoms with Crippen molar-refractivity contribution < 1.29 is 0 Å². The smallest absolute Gasteiger partial charge is 0.00587 e. The van der Waals surface area contributed by atoms with Crippen molar-refractivity contribution in [1.29, 1.82) is 0 Å². The Bertz CT molecular complexity index is 122. The van der Waals surface area contributed by atoms with Crippen molar-refractivity contribution in [3.8, 4) is 0 Å². The summed E-state index contributed by atoms with van der Waals surface area (Å²) in [5, 5.41) is 0. The maximum Gasteiger partial charge on any atom is -0.00587 e. The van der Waals surface area contributed by atoms with Crippen LogP contribution in [0.4, 0.5) is 0 Å². The molecule has 0 bridgehead atoms. The number of rotatable bonds is 5. The first-order valence-corrected chi connectivity index (χ1v) is 4.55. The van der Waals surface area contributed by atoms with Crippen molar-refractivity contribution in [3.05, 3.63) is 24.8 Å². The van der Waals surface area contributed by atoms with Crippen LogP contribution in [0.1, 0.15) is 33.6 Å². The van der Waals surface area contributed by atoms with Crippen LogP contribution in [-0.4, -0.2) is 0 Å². The lowest BCUT2D eigenvalue weighted by Crippen LogP contribution is -1.90. The van der Waals surface area contributed by atoms with Crippen molar-refractivity contribution in [2.24, 2.45) is 11.8 Å². The van der Waals surface area contributed by atoms with Crippen LogP contribution >= 0.6 is 0 Å². The fraction of sp³-hybridized carbons (Fsp3) is 0.636. The Hall–Kier alpha value is -0.520. The lowest BCUT2D eigenvalue weighted by Gasteiger charge is -2.04. The van der Waals surface area contributed by atoms with Gasteiger partial charge in [0.05, 0.1) is 0 Å². The Kier molecular flexibility index (Phi) is 5.91. The van der Waals surface area contributed by atoms with Gasteiger partial charge in [0.2, 0.25) is 0 Å². The molecular formula is C11H20. The third-order valence-electron chi connectivity index (χ3n) is 2.10. The molecule has 0 aromatic carbocycles. The summed E-state index contributed by atoms with van der Waals surface area (Å²) in [6.45, 7) is 10.4. The Morgan fingerprint density at radius 1 is 1.18 bits per heavy atom. The first-order valence-electron chi connectivity index (χ1n) is 4.55. The molecule has 0 aliphatic rings. The van der Waals surface area contributed by atoms with Gasteiger partial charge < -0.3 is 0 Å². The first kappa shape index (κ1) is 10.5. The summed E-state index contributed by atoms with van der Waals surface area (Å²) in [7, 11) is 0. The van der Waals surface area contributed by atoms with E-state index < -0.39 is 0 Å². The molecular weight excluding hydrogens is 132 g/mol. The maximum atomic E-state index is 3.78. The zero-order valence-electron chi connectivity index (χ0n) is 8.01. The van der Waals surface area contributed by atoms with Gasteiger partial charge in [0.1, 0.15) is 0 Å². The Morgan fingerprint density at radius 2 is 1.82 bits per heavy atom. The summed E-state index contributed by atoms with van der Waals surface area (Å²) in [5.41, 5.74) is 0. The fourth-order valence-corrected chi connectivity index (χ4v) is 0.850. The van der Waals surface area contributed by atoms with E-state index >= 15 is 0 Å². The SMILES string of the molecule is C=CC(C=CC(C)CC)CC. The molecule has 2 unspecified atom stereocenters. The van der Waals surface area contributed by atoms with E-state index in [-0.39, 0.29) is 0 Å². The number of hydrogen-bond donors (Lipinski definition) is 0. The molecule has 64 valence electrons. The molecule has 0 saturated heterocycles. The van der Waals surface area contributed by atoms with Crippen LogP contribution in [0.3, 0.4) is 0 Å². The van der Waals surface area contributed by atoms with Gasteiger partial charge in [-0.15, -0.1) is 6.58 Å². The molecule has 0 heteroatoms. The van der Waals surface area contributed by atoms with E-state index in [0.717, 1.165) is 6.42 Å². The van der Waals surface area contributed by atoms with Crippen LogP contribution in [0, 0.1) is 11.8 Å². The Balaban J connectivity index is 3.77. The fourth-order valence-electron chi connectivity index (χ4n) is 0.850. The predicted octanol–water partition coefficient (Wildman–Crippen LogP) is 3.80. The predicted molar refractivity (Wildman–Crippen MR) is 52.6 cm³/mol. The van der Waals surface area contributed by atoms with E-state index in [0.29, 0.717) is 11.8 Å². The summed E-state index contributed by atoms with van der Waals surface area (Å²) < 4.78 is 0. The van der Waals surface area contributed by atoms with Gasteiger partial charge in [0.25, 0.3) is 0 Å². The van der Waals surface area contributed by atoms with Crippen LogP contribution in [0.25, 0.3) is 0 Å². The second kappa shape index (κ2) is 6.21. The maximum absolute atomic E-state index is 3.78. The summed E-state index contributed by atoms with van der Waals surface area (Å²) in [5.74, 6) is 1.29. The van der Waals surface area contributed by atoms with Crippen LogP contribution < -0.4 is 0 Å². The van der Waals surface area contributed by atoms with E-state index in [1.165, 1.54) is 6.42 Å². The average Bonchev–Trinajstić information content (AvgIpc) is 2.06. The van der Waals surface area contributed by atoms with Gasteiger partial charge in [-0.1, -0.05) is 45.4 Å². The average molecular weight is 152 g/mol. The number of allylic oxidation sites excluding steroid dienone is 3. The molecule has 2 atom stereocenters. The molecule has 0 heterocycles. The first-order chi connectivity index (χ1) is 5.24. The zero-order chi connectivity index (χ0) is 8.69. The van der Waals surface area contributed by atoms with Gasteiger partial charge in [-0.05, 0) is 18.3 Å². The molecule has 0 rings (SSSR count). The minimum Gasteiger partial charge on any atom is -0.102 e. The molecule has 0 aromatic rings. The van der Waals surface area contributed by atoms with Crippen LogP contribution in [0.5, 0.6) is 0 Å². The Morgan fingerprint density at radius 3 is 2.18 bits per heavy atom. The van der Waals surface area contributed by atoms with Crippen molar-refractivity contribution in [2.45, 2.75) is 33.6 Å². The van der Waals surface area contributed by atoms with Gasteiger partial charge in [-0.2, -0.15) is 0 Å². The number of hydrogen-bond acceptors (Lipinski definition) is 0. The van der Waals surface area contributed by atoms with Crippen molar-refractivity contribution in [1.82, 2.24) is 0 Å². The molecule has 0 nitrogen and oxygen atoms in total. The molecule has 0 amide bonds. The summed E-state index contributed by atoms with van der Waals surface area (Å²) >= 11 is 0. The zero-order valence-corrected chi connectivity index (χ0v) is 8.01. The third-order valence-corrected chi connectivity index (χ3v) is 2.10. The third kappa shape index (κ3) is 4.83. The van der Waals surface area contributed by atoms with E-state index in [4.69, 9.17) is 0 Å². The summed E-state index contributed by atoms with van der Waals surface area (Å²) in [6.07, 6.45) is 8.95. The Labute approximate surface area is 71.0 Å². The van der Waals surface area contributed by atoms with Crippen molar-refractivity contribution >= 4 is 0 Å². The highest BCUT2D eigenvalue weighted by molar-refractivity contribution is 4.97. The quantitative estimate of drug-likeness (QED) is 0.526. The minimum atomic E-state index is 0.573. The lowest BCUT2D eigenvalue weighted by molar-refractivity contribution is 0.682. The summed E-state index contributed by atoms with van der Waals surface area (Å²) in [4.78, 5) is 0. The normalized spacial score (nSPS) is 16.6. The summed E-state index contributed by atoms with van der Waals surface area (Å²) in [6, 6.07) is 0. The van der Waals surface area contributed by atoms with Gasteiger partial charge in [-0.25, -0.2) is 0 Å². The topological polar surface area (TPSA) is 0 Å². The highest BCUT2D eigenvalue weighted by Gasteiger charge is 1.95. The standard InChI is InChI=1S/C11H20/c1-5-10(4)8-9-11(6-2)7-3/h6,8-11H,2,5,7H2,1,3-4H3. The van der Waals surface area contributed by atoms with E-state index in [9.17, 15) is 0 Å². The van der Waals surface area contributed by atoms with Gasteiger partial charge in [-0.3, -0.25) is 0 Å². The largest absolute Gasteiger partial charge is 0.102 e. The van der Waals surface area contributed by atoms with Crippen LogP contribution in [0.2, 0.25) is 0 Å². The van der Waals surface area contributed by atoms with E-state index in [1.54, 1.807) is 0 Å². The molecule has 0 aliphatic heterocycles. The lowest BCUT2D eigenvalue weighted by atomic mass is 10.0. The highest BCUT2D eigenvalue weighted by Crippen LogP contribution is 2.09.